The van der Waals surface area contributed by atoms with Gasteiger partial charge in [-0.05, 0) is 35.4 Å². The van der Waals surface area contributed by atoms with Gasteiger partial charge in [0.1, 0.15) is 0 Å². The van der Waals surface area contributed by atoms with E-state index in [4.69, 9.17) is 0 Å². The van der Waals surface area contributed by atoms with E-state index in [0.29, 0.717) is 5.56 Å². The van der Waals surface area contributed by atoms with E-state index in [-0.39, 0.29) is 5.91 Å². The third-order valence-corrected chi connectivity index (χ3v) is 4.04. The van der Waals surface area contributed by atoms with Crippen LogP contribution in [0.5, 0.6) is 0 Å². The van der Waals surface area contributed by atoms with Crippen LogP contribution in [-0.2, 0) is 0 Å². The van der Waals surface area contributed by atoms with Gasteiger partial charge in [-0.25, -0.2) is 0 Å². The van der Waals surface area contributed by atoms with Crippen LogP contribution in [0.2, 0.25) is 0 Å². The van der Waals surface area contributed by atoms with Crippen LogP contribution >= 0.6 is 0 Å². The van der Waals surface area contributed by atoms with Crippen LogP contribution in [0.25, 0.3) is 22.0 Å². The number of hydrogen-bond donors (Lipinski definition) is 0. The Morgan fingerprint density at radius 3 is 2.13 bits per heavy atom. The number of benzene rings is 3. The molecule has 0 bridgehead atoms. The summed E-state index contributed by atoms with van der Waals surface area (Å²) >= 11 is 0. The van der Waals surface area contributed by atoms with Crippen molar-refractivity contribution in [2.45, 2.75) is 0 Å². The first-order valence-electron chi connectivity index (χ1n) is 7.59. The molecule has 0 N–H and O–H groups in total. The molecule has 23 heavy (non-hydrogen) atoms. The molecule has 0 atom stereocenters. The molecule has 0 unspecified atom stereocenters. The highest BCUT2D eigenvalue weighted by Gasteiger charge is 2.11. The van der Waals surface area contributed by atoms with Crippen LogP contribution < -0.4 is 0 Å². The molecular formula is C21H15NO. The van der Waals surface area contributed by atoms with E-state index < -0.39 is 0 Å². The second kappa shape index (κ2) is 5.58. The fourth-order valence-electron chi connectivity index (χ4n) is 2.84. The van der Waals surface area contributed by atoms with E-state index in [1.165, 1.54) is 0 Å². The topological polar surface area (TPSA) is 22.0 Å². The number of hydrogen-bond acceptors (Lipinski definition) is 1. The predicted octanol–water partition coefficient (Wildman–Crippen LogP) is 5.00. The lowest BCUT2D eigenvalue weighted by molar-refractivity contribution is 0.0965. The third kappa shape index (κ3) is 2.44. The number of carbonyl (C=O) groups excluding carboxylic acids is 1. The van der Waals surface area contributed by atoms with Crippen LogP contribution in [0.15, 0.2) is 91.1 Å². The minimum atomic E-state index is -0.00851. The van der Waals surface area contributed by atoms with Crippen LogP contribution in [0.4, 0.5) is 0 Å². The highest BCUT2D eigenvalue weighted by Crippen LogP contribution is 2.25. The molecule has 0 aliphatic heterocycles. The van der Waals surface area contributed by atoms with E-state index in [0.717, 1.165) is 22.0 Å². The lowest BCUT2D eigenvalue weighted by Gasteiger charge is -2.06. The summed E-state index contributed by atoms with van der Waals surface area (Å²) in [6.45, 7) is 0. The zero-order valence-corrected chi connectivity index (χ0v) is 12.5. The van der Waals surface area contributed by atoms with Gasteiger partial charge < -0.3 is 0 Å². The Morgan fingerprint density at radius 2 is 1.39 bits per heavy atom. The van der Waals surface area contributed by atoms with Gasteiger partial charge in [-0.3, -0.25) is 9.36 Å². The summed E-state index contributed by atoms with van der Waals surface area (Å²) in [6.07, 6.45) is 1.84. The molecule has 0 aliphatic rings. The minimum Gasteiger partial charge on any atom is -0.283 e. The summed E-state index contributed by atoms with van der Waals surface area (Å²) in [5, 5.41) is 1.06. The quantitative estimate of drug-likeness (QED) is 0.510. The molecule has 0 radical (unpaired) electrons. The number of nitrogens with zero attached hydrogens (tertiary/aromatic N) is 1. The van der Waals surface area contributed by atoms with E-state index in [1.54, 1.807) is 4.57 Å². The highest BCUT2D eigenvalue weighted by atomic mass is 16.2. The molecular weight excluding hydrogens is 282 g/mol. The third-order valence-electron chi connectivity index (χ3n) is 4.04. The van der Waals surface area contributed by atoms with E-state index in [9.17, 15) is 4.79 Å². The Labute approximate surface area is 134 Å². The van der Waals surface area contributed by atoms with Gasteiger partial charge in [0.15, 0.2) is 0 Å². The van der Waals surface area contributed by atoms with Crippen molar-refractivity contribution in [3.8, 4) is 11.1 Å². The smallest absolute Gasteiger partial charge is 0.262 e. The van der Waals surface area contributed by atoms with Crippen molar-refractivity contribution >= 4 is 16.8 Å². The standard InChI is InChI=1S/C21H15NO/c23-21(18-9-5-2-6-10-18)22-14-13-17-11-12-19(15-20(17)22)16-7-3-1-4-8-16/h1-15H. The zero-order chi connectivity index (χ0) is 15.6. The maximum absolute atomic E-state index is 12.7. The summed E-state index contributed by atoms with van der Waals surface area (Å²) in [7, 11) is 0. The first kappa shape index (κ1) is 13.5. The fraction of sp³-hybridized carbons (Fsp3) is 0. The van der Waals surface area contributed by atoms with Crippen molar-refractivity contribution in [2.24, 2.45) is 0 Å². The first-order valence-corrected chi connectivity index (χ1v) is 7.59. The molecule has 4 aromatic rings. The van der Waals surface area contributed by atoms with Crippen molar-refractivity contribution in [3.63, 3.8) is 0 Å². The van der Waals surface area contributed by atoms with Crippen LogP contribution in [0.1, 0.15) is 10.4 Å². The summed E-state index contributed by atoms with van der Waals surface area (Å²) in [6, 6.07) is 27.8. The Morgan fingerprint density at radius 1 is 0.696 bits per heavy atom. The van der Waals surface area contributed by atoms with Gasteiger partial charge in [-0.1, -0.05) is 60.7 Å². The SMILES string of the molecule is O=C(c1ccccc1)n1ccc2ccc(-c3ccccc3)cc21. The molecule has 3 aromatic carbocycles. The number of carbonyl (C=O) groups is 1. The predicted molar refractivity (Wildman–Crippen MR) is 93.5 cm³/mol. The highest BCUT2D eigenvalue weighted by molar-refractivity contribution is 6.02. The largest absolute Gasteiger partial charge is 0.283 e. The Kier molecular flexibility index (Phi) is 3.28. The minimum absolute atomic E-state index is 0.00851. The molecule has 2 nitrogen and oxygen atoms in total. The molecule has 1 aromatic heterocycles. The van der Waals surface area contributed by atoms with Gasteiger partial charge in [-0.2, -0.15) is 0 Å². The zero-order valence-electron chi connectivity index (χ0n) is 12.5. The molecule has 110 valence electrons. The van der Waals surface area contributed by atoms with Crippen LogP contribution in [-0.4, -0.2) is 10.5 Å². The Balaban J connectivity index is 1.84. The van der Waals surface area contributed by atoms with E-state index in [1.807, 2.05) is 60.8 Å². The normalized spacial score (nSPS) is 10.8. The van der Waals surface area contributed by atoms with E-state index in [2.05, 4.69) is 30.3 Å². The molecule has 4 rings (SSSR count). The fourth-order valence-corrected chi connectivity index (χ4v) is 2.84. The number of rotatable bonds is 2. The molecule has 1 heterocycles. The van der Waals surface area contributed by atoms with Gasteiger partial charge in [0, 0.05) is 17.1 Å². The Hall–Kier alpha value is -3.13. The first-order chi connectivity index (χ1) is 11.3. The van der Waals surface area contributed by atoms with Crippen molar-refractivity contribution in [2.75, 3.05) is 0 Å². The Bertz CT molecular complexity index is 969. The molecule has 2 heteroatoms. The van der Waals surface area contributed by atoms with Crippen molar-refractivity contribution < 1.29 is 4.79 Å². The summed E-state index contributed by atoms with van der Waals surface area (Å²) in [5.74, 6) is -0.00851. The van der Waals surface area contributed by atoms with Crippen LogP contribution in [0, 0.1) is 0 Å². The molecule has 0 saturated heterocycles. The van der Waals surface area contributed by atoms with Crippen molar-refractivity contribution in [1.82, 2.24) is 4.57 Å². The maximum atomic E-state index is 12.7. The second-order valence-corrected chi connectivity index (χ2v) is 5.50. The average Bonchev–Trinajstić information content (AvgIpc) is 3.05. The van der Waals surface area contributed by atoms with Gasteiger partial charge in [0.05, 0.1) is 5.52 Å². The molecule has 0 saturated carbocycles. The monoisotopic (exact) mass is 297 g/mol. The number of aromatic nitrogens is 1. The maximum Gasteiger partial charge on any atom is 0.262 e. The lowest BCUT2D eigenvalue weighted by atomic mass is 10.0. The number of fused-ring (bicyclic) bond motifs is 1. The molecule has 0 spiro atoms. The van der Waals surface area contributed by atoms with E-state index >= 15 is 0 Å². The molecule has 0 amide bonds. The summed E-state index contributed by atoms with van der Waals surface area (Å²) < 4.78 is 1.72. The molecule has 0 fully saturated rings. The van der Waals surface area contributed by atoms with Crippen molar-refractivity contribution in [1.29, 1.82) is 0 Å². The second-order valence-electron chi connectivity index (χ2n) is 5.50. The van der Waals surface area contributed by atoms with Gasteiger partial charge in [-0.15, -0.1) is 0 Å². The van der Waals surface area contributed by atoms with Crippen molar-refractivity contribution in [3.05, 3.63) is 96.7 Å². The average molecular weight is 297 g/mol. The van der Waals surface area contributed by atoms with Crippen LogP contribution in [0.3, 0.4) is 0 Å². The summed E-state index contributed by atoms with van der Waals surface area (Å²) in [4.78, 5) is 12.7. The van der Waals surface area contributed by atoms with Gasteiger partial charge in [0.2, 0.25) is 0 Å². The van der Waals surface area contributed by atoms with Gasteiger partial charge in [0.25, 0.3) is 5.91 Å². The summed E-state index contributed by atoms with van der Waals surface area (Å²) in [5.41, 5.74) is 3.88. The lowest BCUT2D eigenvalue weighted by Crippen LogP contribution is -2.10. The molecule has 0 aliphatic carbocycles. The van der Waals surface area contributed by atoms with Gasteiger partial charge >= 0.3 is 0 Å².